The van der Waals surface area contributed by atoms with Gasteiger partial charge in [0, 0.05) is 18.8 Å². The summed E-state index contributed by atoms with van der Waals surface area (Å²) in [7, 11) is 0. The highest BCUT2D eigenvalue weighted by Crippen LogP contribution is 2.20. The summed E-state index contributed by atoms with van der Waals surface area (Å²) in [5, 5.41) is 4.49. The van der Waals surface area contributed by atoms with Crippen molar-refractivity contribution >= 4 is 17.5 Å². The van der Waals surface area contributed by atoms with Gasteiger partial charge in [-0.3, -0.25) is 14.3 Å². The van der Waals surface area contributed by atoms with Gasteiger partial charge >= 0.3 is 0 Å². The first-order valence-corrected chi connectivity index (χ1v) is 7.54. The number of nitrogens with zero attached hydrogens (tertiary/aromatic N) is 4. The first kappa shape index (κ1) is 15.7. The second-order valence-corrected chi connectivity index (χ2v) is 5.75. The number of ether oxygens (including phenoxy) is 1. The number of carbonyl (C=O) groups is 1. The predicted molar refractivity (Wildman–Crippen MR) is 82.1 cm³/mol. The third-order valence-electron chi connectivity index (χ3n) is 3.53. The Hall–Kier alpha value is -2.19. The largest absolute Gasteiger partial charge is 0.368 e. The fourth-order valence-electron chi connectivity index (χ4n) is 2.49. The van der Waals surface area contributed by atoms with Crippen molar-refractivity contribution in [1.82, 2.24) is 24.6 Å². The number of hydrogen-bond acceptors (Lipinski definition) is 5. The number of hydrogen-bond donors (Lipinski definition) is 1. The highest BCUT2D eigenvalue weighted by molar-refractivity contribution is 6.30. The van der Waals surface area contributed by atoms with Gasteiger partial charge in [-0.2, -0.15) is 5.10 Å². The molecule has 0 aliphatic carbocycles. The molecule has 23 heavy (non-hydrogen) atoms. The molecular formula is C14H16ClN5O3. The third kappa shape index (κ3) is 3.77. The second-order valence-electron chi connectivity index (χ2n) is 5.31. The molecule has 1 aliphatic heterocycles. The molecule has 0 aromatic carbocycles. The summed E-state index contributed by atoms with van der Waals surface area (Å²) in [6, 6.07) is 1.40. The van der Waals surface area contributed by atoms with Crippen LogP contribution in [0.3, 0.4) is 0 Å². The molecule has 1 fully saturated rings. The normalized spacial score (nSPS) is 18.2. The Morgan fingerprint density at radius 3 is 3.09 bits per heavy atom. The van der Waals surface area contributed by atoms with Crippen molar-refractivity contribution in [1.29, 1.82) is 0 Å². The Kier molecular flexibility index (Phi) is 4.44. The smallest absolute Gasteiger partial charge is 0.251 e. The van der Waals surface area contributed by atoms with Gasteiger partial charge in [0.25, 0.3) is 5.56 Å². The Morgan fingerprint density at radius 1 is 1.57 bits per heavy atom. The summed E-state index contributed by atoms with van der Waals surface area (Å²) in [5.41, 5.74) is 0.302. The first-order chi connectivity index (χ1) is 11.0. The van der Waals surface area contributed by atoms with Crippen molar-refractivity contribution in [3.63, 3.8) is 0 Å². The van der Waals surface area contributed by atoms with E-state index < -0.39 is 6.10 Å². The van der Waals surface area contributed by atoms with Gasteiger partial charge in [-0.05, 0) is 6.92 Å². The third-order valence-corrected chi connectivity index (χ3v) is 3.72. The number of carbonyl (C=O) groups excluding carboxylic acids is 1. The molecule has 1 atom stereocenters. The van der Waals surface area contributed by atoms with Gasteiger partial charge in [0.15, 0.2) is 0 Å². The molecule has 1 saturated heterocycles. The van der Waals surface area contributed by atoms with E-state index in [-0.39, 0.29) is 18.0 Å². The van der Waals surface area contributed by atoms with E-state index in [4.69, 9.17) is 16.3 Å². The summed E-state index contributed by atoms with van der Waals surface area (Å²) in [5.74, 6) is 0.436. The number of amides is 1. The number of H-pyrrole nitrogens is 1. The van der Waals surface area contributed by atoms with E-state index >= 15 is 0 Å². The summed E-state index contributed by atoms with van der Waals surface area (Å²) in [6.07, 6.45) is 2.67. The van der Waals surface area contributed by atoms with E-state index in [0.717, 1.165) is 0 Å². The van der Waals surface area contributed by atoms with Gasteiger partial charge < -0.3 is 14.6 Å². The van der Waals surface area contributed by atoms with Crippen LogP contribution in [-0.2, 0) is 16.1 Å². The van der Waals surface area contributed by atoms with Crippen LogP contribution in [0.25, 0.3) is 0 Å². The molecule has 2 aromatic rings. The van der Waals surface area contributed by atoms with Crippen LogP contribution in [0.2, 0.25) is 5.02 Å². The molecule has 8 nitrogen and oxygen atoms in total. The van der Waals surface area contributed by atoms with E-state index in [1.807, 2.05) is 0 Å². The van der Waals surface area contributed by atoms with E-state index in [0.29, 0.717) is 36.2 Å². The lowest BCUT2D eigenvalue weighted by Crippen LogP contribution is -2.44. The van der Waals surface area contributed by atoms with E-state index in [9.17, 15) is 9.59 Å². The van der Waals surface area contributed by atoms with Gasteiger partial charge in [-0.15, -0.1) is 0 Å². The summed E-state index contributed by atoms with van der Waals surface area (Å²) in [6.45, 7) is 3.05. The standard InChI is InChI=1S/C14H16ClN5O3/c1-9-17-11(4-13(21)18-9)12-7-19(2-3-23-12)14(22)8-20-6-10(15)5-16-20/h4-6,12H,2-3,7-8H2,1H3,(H,17,18,21)/t12-/m0/s1. The van der Waals surface area contributed by atoms with Crippen LogP contribution in [0.4, 0.5) is 0 Å². The number of aromatic nitrogens is 4. The summed E-state index contributed by atoms with van der Waals surface area (Å²) in [4.78, 5) is 32.5. The Labute approximate surface area is 137 Å². The Morgan fingerprint density at radius 2 is 2.39 bits per heavy atom. The number of nitrogens with one attached hydrogen (secondary N) is 1. The lowest BCUT2D eigenvalue weighted by atomic mass is 10.2. The molecule has 3 rings (SSSR count). The Bertz CT molecular complexity index is 772. The topological polar surface area (TPSA) is 93.1 Å². The fraction of sp³-hybridized carbons (Fsp3) is 0.429. The second kappa shape index (κ2) is 6.51. The number of morpholine rings is 1. The molecule has 0 radical (unpaired) electrons. The molecule has 122 valence electrons. The molecular weight excluding hydrogens is 322 g/mol. The first-order valence-electron chi connectivity index (χ1n) is 7.16. The van der Waals surface area contributed by atoms with E-state index in [2.05, 4.69) is 15.1 Å². The zero-order chi connectivity index (χ0) is 16.4. The number of aromatic amines is 1. The molecule has 1 amide bonds. The van der Waals surface area contributed by atoms with Crippen LogP contribution in [-0.4, -0.2) is 50.3 Å². The highest BCUT2D eigenvalue weighted by atomic mass is 35.5. The molecule has 3 heterocycles. The summed E-state index contributed by atoms with van der Waals surface area (Å²) < 4.78 is 7.15. The average molecular weight is 338 g/mol. The van der Waals surface area contributed by atoms with Crippen molar-refractivity contribution in [3.8, 4) is 0 Å². The zero-order valence-electron chi connectivity index (χ0n) is 12.5. The van der Waals surface area contributed by atoms with Crippen molar-refractivity contribution < 1.29 is 9.53 Å². The summed E-state index contributed by atoms with van der Waals surface area (Å²) >= 11 is 5.79. The Balaban J connectivity index is 1.70. The maximum atomic E-state index is 12.4. The van der Waals surface area contributed by atoms with Crippen molar-refractivity contribution in [2.75, 3.05) is 19.7 Å². The lowest BCUT2D eigenvalue weighted by Gasteiger charge is -2.32. The van der Waals surface area contributed by atoms with Gasteiger partial charge in [0.05, 0.1) is 30.1 Å². The number of aryl methyl sites for hydroxylation is 1. The van der Waals surface area contributed by atoms with Gasteiger partial charge in [0.1, 0.15) is 18.5 Å². The van der Waals surface area contributed by atoms with Gasteiger partial charge in [-0.25, -0.2) is 4.98 Å². The highest BCUT2D eigenvalue weighted by Gasteiger charge is 2.27. The maximum Gasteiger partial charge on any atom is 0.251 e. The molecule has 9 heteroatoms. The number of halogens is 1. The predicted octanol–water partition coefficient (Wildman–Crippen LogP) is 0.528. The zero-order valence-corrected chi connectivity index (χ0v) is 13.3. The molecule has 0 saturated carbocycles. The van der Waals surface area contributed by atoms with Gasteiger partial charge in [0.2, 0.25) is 5.91 Å². The van der Waals surface area contributed by atoms with Crippen molar-refractivity contribution in [2.24, 2.45) is 0 Å². The van der Waals surface area contributed by atoms with Crippen molar-refractivity contribution in [2.45, 2.75) is 19.6 Å². The quantitative estimate of drug-likeness (QED) is 0.881. The molecule has 1 aliphatic rings. The minimum Gasteiger partial charge on any atom is -0.368 e. The lowest BCUT2D eigenvalue weighted by molar-refractivity contribution is -0.140. The minimum atomic E-state index is -0.407. The minimum absolute atomic E-state index is 0.0837. The van der Waals surface area contributed by atoms with Crippen LogP contribution in [0, 0.1) is 6.92 Å². The maximum absolute atomic E-state index is 12.4. The van der Waals surface area contributed by atoms with Crippen LogP contribution in [0.5, 0.6) is 0 Å². The van der Waals surface area contributed by atoms with Crippen LogP contribution >= 0.6 is 11.6 Å². The molecule has 0 bridgehead atoms. The monoisotopic (exact) mass is 337 g/mol. The number of rotatable bonds is 3. The molecule has 2 aromatic heterocycles. The van der Waals surface area contributed by atoms with Crippen LogP contribution in [0.1, 0.15) is 17.6 Å². The molecule has 0 spiro atoms. The van der Waals surface area contributed by atoms with Crippen molar-refractivity contribution in [3.05, 3.63) is 45.4 Å². The van der Waals surface area contributed by atoms with Crippen LogP contribution in [0.15, 0.2) is 23.3 Å². The van der Waals surface area contributed by atoms with E-state index in [1.54, 1.807) is 18.0 Å². The average Bonchev–Trinajstić information content (AvgIpc) is 2.91. The molecule has 0 unspecified atom stereocenters. The van der Waals surface area contributed by atoms with Crippen LogP contribution < -0.4 is 5.56 Å². The van der Waals surface area contributed by atoms with Gasteiger partial charge in [-0.1, -0.05) is 11.6 Å². The molecule has 1 N–H and O–H groups in total. The fourth-order valence-corrected chi connectivity index (χ4v) is 2.64. The van der Waals surface area contributed by atoms with E-state index in [1.165, 1.54) is 16.9 Å². The SMILES string of the molecule is Cc1nc([C@@H]2CN(C(=O)Cn3cc(Cl)cn3)CCO2)cc(=O)[nH]1.